The van der Waals surface area contributed by atoms with Gasteiger partial charge in [-0.1, -0.05) is 0 Å². The Hall–Kier alpha value is -3.78. The zero-order valence-corrected chi connectivity index (χ0v) is 18.2. The van der Waals surface area contributed by atoms with E-state index in [2.05, 4.69) is 54.5 Å². The molecular weight excluding hydrogens is 402 g/mol. The number of aryl methyl sites for hydroxylation is 1. The minimum Gasteiger partial charge on any atom is -0.369 e. The minimum atomic E-state index is -0.261. The van der Waals surface area contributed by atoms with Crippen LogP contribution in [0.2, 0.25) is 0 Å². The van der Waals surface area contributed by atoms with E-state index in [0.717, 1.165) is 54.1 Å². The van der Waals surface area contributed by atoms with Crippen molar-refractivity contribution in [3.63, 3.8) is 0 Å². The number of benzene rings is 1. The van der Waals surface area contributed by atoms with Crippen molar-refractivity contribution in [1.82, 2.24) is 25.1 Å². The number of hydrogen-bond acceptors (Lipinski definition) is 6. The summed E-state index contributed by atoms with van der Waals surface area (Å²) < 4.78 is 0. The number of fused-ring (bicyclic) bond motifs is 1. The molecule has 1 aliphatic rings. The summed E-state index contributed by atoms with van der Waals surface area (Å²) in [6, 6.07) is 11.8. The van der Waals surface area contributed by atoms with Crippen LogP contribution in [-0.2, 0) is 0 Å². The fourth-order valence-corrected chi connectivity index (χ4v) is 3.98. The number of hydrogen-bond donors (Lipinski definition) is 2. The molecule has 8 heteroatoms. The number of H-pyrrole nitrogens is 1. The van der Waals surface area contributed by atoms with Crippen molar-refractivity contribution in [3.8, 4) is 11.3 Å². The number of nitrogens with one attached hydrogen (secondary N) is 2. The molecule has 1 amide bonds. The fourth-order valence-electron chi connectivity index (χ4n) is 3.98. The Labute approximate surface area is 186 Å². The highest BCUT2D eigenvalue weighted by Gasteiger charge is 2.17. The largest absolute Gasteiger partial charge is 0.369 e. The summed E-state index contributed by atoms with van der Waals surface area (Å²) in [7, 11) is 2.14. The van der Waals surface area contributed by atoms with Crippen molar-refractivity contribution < 1.29 is 4.79 Å². The molecule has 0 atom stereocenters. The monoisotopic (exact) mass is 427 g/mol. The Morgan fingerprint density at radius 2 is 1.84 bits per heavy atom. The van der Waals surface area contributed by atoms with E-state index < -0.39 is 0 Å². The summed E-state index contributed by atoms with van der Waals surface area (Å²) in [6.45, 7) is 6.14. The Balaban J connectivity index is 1.36. The molecular formula is C24H25N7O. The molecule has 32 heavy (non-hydrogen) atoms. The van der Waals surface area contributed by atoms with Gasteiger partial charge in [0.1, 0.15) is 0 Å². The van der Waals surface area contributed by atoms with Gasteiger partial charge in [-0.3, -0.25) is 19.9 Å². The third kappa shape index (κ3) is 3.92. The molecule has 1 saturated heterocycles. The zero-order chi connectivity index (χ0) is 22.1. The average molecular weight is 428 g/mol. The number of piperazine rings is 1. The van der Waals surface area contributed by atoms with E-state index in [1.807, 2.05) is 31.2 Å². The number of aromatic amines is 1. The lowest BCUT2D eigenvalue weighted by Crippen LogP contribution is -2.44. The maximum absolute atomic E-state index is 13.0. The molecule has 4 heterocycles. The quantitative estimate of drug-likeness (QED) is 0.519. The zero-order valence-electron chi connectivity index (χ0n) is 18.2. The Morgan fingerprint density at radius 1 is 1.06 bits per heavy atom. The second-order valence-electron chi connectivity index (χ2n) is 8.17. The maximum Gasteiger partial charge on any atom is 0.276 e. The molecule has 0 unspecified atom stereocenters. The van der Waals surface area contributed by atoms with E-state index in [1.165, 1.54) is 5.69 Å². The van der Waals surface area contributed by atoms with Crippen LogP contribution in [-0.4, -0.2) is 64.2 Å². The Bertz CT molecular complexity index is 1260. The van der Waals surface area contributed by atoms with Crippen LogP contribution in [0.5, 0.6) is 0 Å². The number of anilines is 2. The Morgan fingerprint density at radius 3 is 2.59 bits per heavy atom. The first kappa shape index (κ1) is 20.1. The molecule has 4 aromatic rings. The second kappa shape index (κ2) is 8.39. The minimum absolute atomic E-state index is 0.261. The van der Waals surface area contributed by atoms with Crippen LogP contribution in [0.15, 0.2) is 55.0 Å². The van der Waals surface area contributed by atoms with Gasteiger partial charge in [0.05, 0.1) is 17.4 Å². The molecule has 0 saturated carbocycles. The predicted octanol–water partition coefficient (Wildman–Crippen LogP) is 3.33. The molecule has 1 fully saturated rings. The number of likely N-dealkylation sites (N-methyl/N-ethyl adjacent to an activating group) is 1. The van der Waals surface area contributed by atoms with Gasteiger partial charge in [-0.05, 0) is 55.9 Å². The average Bonchev–Trinajstić information content (AvgIpc) is 3.24. The number of nitrogens with zero attached hydrogens (tertiary/aromatic N) is 5. The molecule has 0 spiro atoms. The van der Waals surface area contributed by atoms with Gasteiger partial charge in [0.2, 0.25) is 0 Å². The van der Waals surface area contributed by atoms with Crippen LogP contribution in [0.1, 0.15) is 16.1 Å². The number of rotatable bonds is 4. The van der Waals surface area contributed by atoms with E-state index in [9.17, 15) is 4.79 Å². The fraction of sp³-hybridized carbons (Fsp3) is 0.250. The third-order valence-electron chi connectivity index (χ3n) is 5.97. The van der Waals surface area contributed by atoms with Gasteiger partial charge in [0, 0.05) is 60.9 Å². The number of carbonyl (C=O) groups excluding carboxylic acids is 1. The molecule has 1 aromatic carbocycles. The van der Waals surface area contributed by atoms with Gasteiger partial charge in [-0.25, -0.2) is 0 Å². The summed E-state index contributed by atoms with van der Waals surface area (Å²) in [6.07, 6.45) is 5.24. The van der Waals surface area contributed by atoms with E-state index in [4.69, 9.17) is 0 Å². The maximum atomic E-state index is 13.0. The highest BCUT2D eigenvalue weighted by Crippen LogP contribution is 2.26. The first-order chi connectivity index (χ1) is 15.6. The molecule has 2 N–H and O–H groups in total. The van der Waals surface area contributed by atoms with Crippen molar-refractivity contribution in [1.29, 1.82) is 0 Å². The molecule has 8 nitrogen and oxygen atoms in total. The van der Waals surface area contributed by atoms with Gasteiger partial charge < -0.3 is 15.1 Å². The summed E-state index contributed by atoms with van der Waals surface area (Å²) in [5.41, 5.74) is 5.72. The van der Waals surface area contributed by atoms with Crippen LogP contribution in [0.25, 0.3) is 22.2 Å². The van der Waals surface area contributed by atoms with Gasteiger partial charge >= 0.3 is 0 Å². The standard InChI is InChI=1S/C24H25N7O/c1-16-7-8-25-14-20(16)21-13-19-22(15-26-21)28-29-23(19)24(32)27-17-3-5-18(6-4-17)31-11-9-30(2)10-12-31/h3-8,13-15H,9-12H2,1-2H3,(H,27,32)(H,28,29). The number of pyridine rings is 2. The van der Waals surface area contributed by atoms with Gasteiger partial charge in [0.15, 0.2) is 5.69 Å². The molecule has 0 radical (unpaired) electrons. The lowest BCUT2D eigenvalue weighted by molar-refractivity contribution is 0.102. The van der Waals surface area contributed by atoms with Crippen molar-refractivity contribution in [2.24, 2.45) is 0 Å². The van der Waals surface area contributed by atoms with Crippen LogP contribution in [0.4, 0.5) is 11.4 Å². The van der Waals surface area contributed by atoms with Crippen LogP contribution >= 0.6 is 0 Å². The second-order valence-corrected chi connectivity index (χ2v) is 8.17. The number of aromatic nitrogens is 4. The highest BCUT2D eigenvalue weighted by atomic mass is 16.1. The Kier molecular flexibility index (Phi) is 5.28. The summed E-state index contributed by atoms with van der Waals surface area (Å²) in [4.78, 5) is 26.4. The number of amides is 1. The molecule has 3 aromatic heterocycles. The van der Waals surface area contributed by atoms with Crippen LogP contribution in [0, 0.1) is 6.92 Å². The summed E-state index contributed by atoms with van der Waals surface area (Å²) >= 11 is 0. The SMILES string of the molecule is Cc1ccncc1-c1cc2c(C(=O)Nc3ccc(N4CCN(C)CC4)cc3)n[nH]c2cn1. The molecule has 0 bridgehead atoms. The molecule has 5 rings (SSSR count). The summed E-state index contributed by atoms with van der Waals surface area (Å²) in [5, 5.41) is 10.8. The summed E-state index contributed by atoms with van der Waals surface area (Å²) in [5.74, 6) is -0.261. The lowest BCUT2D eigenvalue weighted by Gasteiger charge is -2.34. The van der Waals surface area contributed by atoms with Crippen molar-refractivity contribution in [3.05, 3.63) is 66.2 Å². The smallest absolute Gasteiger partial charge is 0.276 e. The lowest BCUT2D eigenvalue weighted by atomic mass is 10.1. The molecule has 1 aliphatic heterocycles. The van der Waals surface area contributed by atoms with Gasteiger partial charge in [-0.2, -0.15) is 5.10 Å². The van der Waals surface area contributed by atoms with E-state index in [1.54, 1.807) is 18.6 Å². The van der Waals surface area contributed by atoms with Crippen LogP contribution in [0.3, 0.4) is 0 Å². The first-order valence-electron chi connectivity index (χ1n) is 10.7. The predicted molar refractivity (Wildman–Crippen MR) is 126 cm³/mol. The highest BCUT2D eigenvalue weighted by molar-refractivity contribution is 6.11. The van der Waals surface area contributed by atoms with Gasteiger partial charge in [0.25, 0.3) is 5.91 Å². The van der Waals surface area contributed by atoms with Crippen molar-refractivity contribution in [2.45, 2.75) is 6.92 Å². The number of carbonyl (C=O) groups is 1. The third-order valence-corrected chi connectivity index (χ3v) is 5.97. The first-order valence-corrected chi connectivity index (χ1v) is 10.7. The van der Waals surface area contributed by atoms with E-state index >= 15 is 0 Å². The molecule has 162 valence electrons. The topological polar surface area (TPSA) is 90.0 Å². The van der Waals surface area contributed by atoms with Crippen LogP contribution < -0.4 is 10.2 Å². The molecule has 0 aliphatic carbocycles. The normalized spacial score (nSPS) is 14.6. The van der Waals surface area contributed by atoms with Crippen molar-refractivity contribution in [2.75, 3.05) is 43.4 Å². The van der Waals surface area contributed by atoms with Crippen molar-refractivity contribution >= 4 is 28.2 Å². The van der Waals surface area contributed by atoms with Gasteiger partial charge in [-0.15, -0.1) is 0 Å². The van der Waals surface area contributed by atoms with E-state index in [-0.39, 0.29) is 5.91 Å². The van der Waals surface area contributed by atoms with E-state index in [0.29, 0.717) is 11.2 Å².